The molecule has 8 nitrogen and oxygen atoms in total. The highest BCUT2D eigenvalue weighted by molar-refractivity contribution is 6.00. The Kier molecular flexibility index (Phi) is 7.79. The van der Waals surface area contributed by atoms with Crippen molar-refractivity contribution in [3.05, 3.63) is 124 Å². The molecule has 0 saturated carbocycles. The smallest absolute Gasteiger partial charge is 0.416 e. The second kappa shape index (κ2) is 11.7. The van der Waals surface area contributed by atoms with Gasteiger partial charge in [0.05, 0.1) is 51.5 Å². The predicted molar refractivity (Wildman–Crippen MR) is 166 cm³/mol. The van der Waals surface area contributed by atoms with Gasteiger partial charge in [0.15, 0.2) is 5.78 Å². The maximum atomic E-state index is 14.1. The number of halogens is 4. The van der Waals surface area contributed by atoms with Crippen molar-refractivity contribution in [3.8, 4) is 23.4 Å². The number of nitrogens with one attached hydrogen (secondary N) is 1. The van der Waals surface area contributed by atoms with Crippen LogP contribution in [0, 0.1) is 29.5 Å². The van der Waals surface area contributed by atoms with Gasteiger partial charge in [-0.25, -0.2) is 14.1 Å². The number of nitrogens with two attached hydrogens (primary N) is 1. The van der Waals surface area contributed by atoms with E-state index in [9.17, 15) is 27.6 Å². The predicted octanol–water partition coefficient (Wildman–Crippen LogP) is 7.89. The number of carbonyl (C=O) groups excluding carboxylic acids is 1. The average Bonchev–Trinajstić information content (AvgIpc) is 3.33. The number of nitrogens with zero attached hydrogens (tertiary/aromatic N) is 4. The molecule has 0 amide bonds. The molecule has 2 aliphatic rings. The van der Waals surface area contributed by atoms with Crippen molar-refractivity contribution in [3.63, 3.8) is 0 Å². The number of aromatic nitrogens is 2. The van der Waals surface area contributed by atoms with Gasteiger partial charge in [-0.3, -0.25) is 10.2 Å². The lowest BCUT2D eigenvalue weighted by molar-refractivity contribution is -0.137. The summed E-state index contributed by atoms with van der Waals surface area (Å²) in [7, 11) is 0. The number of allylic oxidation sites excluding steroid dienone is 3. The van der Waals surface area contributed by atoms with Crippen molar-refractivity contribution >= 4 is 11.5 Å². The van der Waals surface area contributed by atoms with Crippen LogP contribution in [0.1, 0.15) is 49.4 Å². The number of ketones is 1. The first-order valence-electron chi connectivity index (χ1n) is 14.8. The Balaban J connectivity index is 1.58. The van der Waals surface area contributed by atoms with Crippen molar-refractivity contribution in [2.45, 2.75) is 45.7 Å². The van der Waals surface area contributed by atoms with Crippen molar-refractivity contribution in [2.75, 3.05) is 5.43 Å². The summed E-state index contributed by atoms with van der Waals surface area (Å²) in [5.74, 6) is -1.81. The van der Waals surface area contributed by atoms with E-state index in [0.29, 0.717) is 34.8 Å². The third-order valence-electron chi connectivity index (χ3n) is 8.19. The van der Waals surface area contributed by atoms with Gasteiger partial charge in [0.25, 0.3) is 0 Å². The van der Waals surface area contributed by atoms with E-state index in [1.807, 2.05) is 13.8 Å². The Morgan fingerprint density at radius 3 is 2.40 bits per heavy atom. The van der Waals surface area contributed by atoms with Gasteiger partial charge in [-0.15, -0.1) is 0 Å². The molecular formula is C35H30F4N6O2. The lowest BCUT2D eigenvalue weighted by Gasteiger charge is -2.43. The molecule has 0 fully saturated rings. The number of aryl methyl sites for hydroxylation is 1. The molecule has 0 saturated heterocycles. The van der Waals surface area contributed by atoms with Crippen molar-refractivity contribution in [2.24, 2.45) is 11.1 Å². The van der Waals surface area contributed by atoms with Crippen molar-refractivity contribution < 1.29 is 27.1 Å². The number of nitriles is 1. The first-order chi connectivity index (χ1) is 22.3. The molecule has 240 valence electrons. The number of alkyl halides is 3. The first kappa shape index (κ1) is 31.4. The van der Waals surface area contributed by atoms with Gasteiger partial charge in [0.2, 0.25) is 5.88 Å². The lowest BCUT2D eigenvalue weighted by Crippen LogP contribution is -2.44. The minimum atomic E-state index is -4.62. The minimum absolute atomic E-state index is 0.00274. The Bertz CT molecular complexity index is 1970. The molecule has 1 unspecified atom stereocenters. The summed E-state index contributed by atoms with van der Waals surface area (Å²) in [6, 6.07) is 21.0. The fraction of sp³-hybridized carbons (Fsp3) is 0.229. The molecule has 4 aromatic rings. The van der Waals surface area contributed by atoms with Crippen LogP contribution in [-0.4, -0.2) is 20.6 Å². The number of hydrazine groups is 1. The molecule has 1 aromatic heterocycles. The van der Waals surface area contributed by atoms with Crippen LogP contribution >= 0.6 is 0 Å². The minimum Gasteiger partial charge on any atom is -0.439 e. The zero-order valence-electron chi connectivity index (χ0n) is 25.7. The summed E-state index contributed by atoms with van der Waals surface area (Å²) >= 11 is 0. The number of rotatable bonds is 6. The highest BCUT2D eigenvalue weighted by Crippen LogP contribution is 2.52. The number of Topliss-reactive ketones (excluding diaryl/α,β-unsaturated/α-hetero) is 1. The highest BCUT2D eigenvalue weighted by Gasteiger charge is 2.47. The van der Waals surface area contributed by atoms with Crippen LogP contribution in [0.3, 0.4) is 0 Å². The molecule has 2 heterocycles. The second-order valence-electron chi connectivity index (χ2n) is 12.3. The van der Waals surface area contributed by atoms with Gasteiger partial charge in [-0.1, -0.05) is 38.1 Å². The maximum absolute atomic E-state index is 14.1. The van der Waals surface area contributed by atoms with Crippen molar-refractivity contribution in [1.29, 1.82) is 5.26 Å². The average molecular weight is 643 g/mol. The van der Waals surface area contributed by atoms with Gasteiger partial charge < -0.3 is 10.5 Å². The quantitative estimate of drug-likeness (QED) is 0.206. The number of hydrogen-bond acceptors (Lipinski definition) is 7. The van der Waals surface area contributed by atoms with Crippen LogP contribution in [0.25, 0.3) is 5.69 Å². The molecule has 1 aliphatic carbocycles. The van der Waals surface area contributed by atoms with Gasteiger partial charge in [-0.05, 0) is 73.4 Å². The summed E-state index contributed by atoms with van der Waals surface area (Å²) in [5, 5.41) is 16.8. The first-order valence-corrected chi connectivity index (χ1v) is 14.8. The Labute approximate surface area is 268 Å². The van der Waals surface area contributed by atoms with Gasteiger partial charge in [0.1, 0.15) is 17.4 Å². The van der Waals surface area contributed by atoms with E-state index >= 15 is 0 Å². The molecule has 0 radical (unpaired) electrons. The number of hydrogen-bond donors (Lipinski definition) is 2. The molecule has 12 heteroatoms. The van der Waals surface area contributed by atoms with Gasteiger partial charge >= 0.3 is 6.18 Å². The topological polar surface area (TPSA) is 109 Å². The molecular weight excluding hydrogens is 612 g/mol. The van der Waals surface area contributed by atoms with Crippen LogP contribution in [0.5, 0.6) is 11.6 Å². The van der Waals surface area contributed by atoms with Crippen LogP contribution < -0.4 is 15.9 Å². The van der Waals surface area contributed by atoms with Crippen LogP contribution in [-0.2, 0) is 11.0 Å². The zero-order chi connectivity index (χ0) is 33.7. The molecule has 0 spiro atoms. The lowest BCUT2D eigenvalue weighted by atomic mass is 9.69. The summed E-state index contributed by atoms with van der Waals surface area (Å²) in [6.07, 6.45) is -4.07. The number of benzene rings is 3. The zero-order valence-corrected chi connectivity index (χ0v) is 25.7. The van der Waals surface area contributed by atoms with E-state index in [0.717, 1.165) is 12.1 Å². The highest BCUT2D eigenvalue weighted by atomic mass is 19.4. The monoisotopic (exact) mass is 642 g/mol. The summed E-state index contributed by atoms with van der Waals surface area (Å²) in [4.78, 5) is 14.1. The number of para-hydroxylation sites is 1. The van der Waals surface area contributed by atoms with Gasteiger partial charge in [-0.2, -0.15) is 23.5 Å². The van der Waals surface area contributed by atoms with E-state index in [-0.39, 0.29) is 40.8 Å². The van der Waals surface area contributed by atoms with E-state index < -0.39 is 28.9 Å². The van der Waals surface area contributed by atoms with E-state index in [1.165, 1.54) is 46.1 Å². The Morgan fingerprint density at radius 1 is 1.04 bits per heavy atom. The molecule has 0 bridgehead atoms. The van der Waals surface area contributed by atoms with E-state index in [1.54, 1.807) is 37.3 Å². The fourth-order valence-electron chi connectivity index (χ4n) is 6.12. The normalized spacial score (nSPS) is 17.8. The number of anilines is 1. The third-order valence-corrected chi connectivity index (χ3v) is 8.19. The van der Waals surface area contributed by atoms with Crippen LogP contribution in [0.4, 0.5) is 23.2 Å². The molecule has 1 atom stereocenters. The molecule has 3 aromatic carbocycles. The van der Waals surface area contributed by atoms with E-state index in [4.69, 9.17) is 15.6 Å². The summed E-state index contributed by atoms with van der Waals surface area (Å²) in [5.41, 5.74) is 11.0. The SMILES string of the molecule is Cc1nn(-c2ccccc2)c(Oc2cccc(C(F)(F)F)c2)c1C1C(C#N)=C(N)N(Nc2ccc(F)cc2)C2=C1C(=O)CC(C)(C)C2. The second-order valence-corrected chi connectivity index (χ2v) is 12.3. The number of ether oxygens (including phenoxy) is 1. The standard InChI is InChI=1S/C35H30F4N6O2/c1-20-29(33(44(42-20)24-9-5-4-6-10-24)47-25-11-7-8-21(16-25)35(37,38)39)30-26(19-40)32(41)45(43-23-14-12-22(36)13-15-23)27-17-34(2,3)18-28(46)31(27)30/h4-16,30,43H,17-18,41H2,1-3H3. The number of carbonyl (C=O) groups is 1. The molecule has 47 heavy (non-hydrogen) atoms. The summed E-state index contributed by atoms with van der Waals surface area (Å²) in [6.45, 7) is 5.57. The van der Waals surface area contributed by atoms with Crippen LogP contribution in [0.2, 0.25) is 0 Å². The van der Waals surface area contributed by atoms with Crippen molar-refractivity contribution in [1.82, 2.24) is 14.8 Å². The maximum Gasteiger partial charge on any atom is 0.416 e. The van der Waals surface area contributed by atoms with Gasteiger partial charge in [0, 0.05) is 12.0 Å². The van der Waals surface area contributed by atoms with E-state index in [2.05, 4.69) is 11.5 Å². The Morgan fingerprint density at radius 2 is 1.74 bits per heavy atom. The third kappa shape index (κ3) is 5.92. The summed E-state index contributed by atoms with van der Waals surface area (Å²) < 4.78 is 62.4. The fourth-order valence-corrected chi connectivity index (χ4v) is 6.12. The molecule has 3 N–H and O–H groups in total. The Hall–Kier alpha value is -5.57. The van der Waals surface area contributed by atoms with Crippen LogP contribution in [0.15, 0.2) is 102 Å². The molecule has 1 aliphatic heterocycles. The largest absolute Gasteiger partial charge is 0.439 e. The molecule has 6 rings (SSSR count).